The number of nitriles is 1. The summed E-state index contributed by atoms with van der Waals surface area (Å²) in [5.41, 5.74) is 1.16. The number of hydrogen-bond acceptors (Lipinski definition) is 4. The first kappa shape index (κ1) is 16.9. The Morgan fingerprint density at radius 2 is 1.79 bits per heavy atom. The maximum Gasteiger partial charge on any atom is 0.251 e. The van der Waals surface area contributed by atoms with Crippen molar-refractivity contribution in [2.75, 3.05) is 13.1 Å². The Morgan fingerprint density at radius 3 is 2.42 bits per heavy atom. The minimum absolute atomic E-state index is 0.0735. The summed E-state index contributed by atoms with van der Waals surface area (Å²) < 4.78 is 0. The van der Waals surface area contributed by atoms with Crippen molar-refractivity contribution in [1.29, 1.82) is 5.26 Å². The lowest BCUT2D eigenvalue weighted by molar-refractivity contribution is 0.00727. The van der Waals surface area contributed by atoms with Crippen LogP contribution in [0.3, 0.4) is 0 Å². The van der Waals surface area contributed by atoms with Crippen molar-refractivity contribution in [3.05, 3.63) is 35.4 Å². The predicted octanol–water partition coefficient (Wildman–Crippen LogP) is 2.06. The summed E-state index contributed by atoms with van der Waals surface area (Å²) in [4.78, 5) is 14.7. The van der Waals surface area contributed by atoms with Crippen molar-refractivity contribution in [1.82, 2.24) is 10.2 Å². The molecule has 1 aromatic carbocycles. The van der Waals surface area contributed by atoms with Crippen LogP contribution in [-0.4, -0.2) is 47.2 Å². The van der Waals surface area contributed by atoms with Gasteiger partial charge in [0.15, 0.2) is 0 Å². The zero-order chi connectivity index (χ0) is 16.9. The van der Waals surface area contributed by atoms with Gasteiger partial charge in [-0.25, -0.2) is 0 Å². The van der Waals surface area contributed by atoms with Gasteiger partial charge in [0.2, 0.25) is 0 Å². The molecule has 3 rings (SSSR count). The van der Waals surface area contributed by atoms with E-state index >= 15 is 0 Å². The van der Waals surface area contributed by atoms with Gasteiger partial charge in [-0.2, -0.15) is 5.26 Å². The molecule has 2 aliphatic rings. The van der Waals surface area contributed by atoms with Crippen LogP contribution >= 0.6 is 0 Å². The molecule has 1 aliphatic heterocycles. The second-order valence-corrected chi connectivity index (χ2v) is 6.89. The molecule has 1 heterocycles. The molecule has 0 aromatic heterocycles. The molecule has 128 valence electrons. The van der Waals surface area contributed by atoms with Crippen molar-refractivity contribution in [2.45, 2.75) is 56.7 Å². The average Bonchev–Trinajstić information content (AvgIpc) is 2.63. The van der Waals surface area contributed by atoms with E-state index < -0.39 is 0 Å². The minimum Gasteiger partial charge on any atom is -0.391 e. The number of carbonyl (C=O) groups excluding carboxylic acids is 1. The molecule has 0 spiro atoms. The molecule has 5 heteroatoms. The summed E-state index contributed by atoms with van der Waals surface area (Å²) in [6.45, 7) is 1.86. The van der Waals surface area contributed by atoms with Gasteiger partial charge in [0.1, 0.15) is 0 Å². The smallest absolute Gasteiger partial charge is 0.251 e. The van der Waals surface area contributed by atoms with E-state index in [0.717, 1.165) is 45.2 Å². The number of hydrogen-bond donors (Lipinski definition) is 2. The van der Waals surface area contributed by atoms with E-state index in [-0.39, 0.29) is 18.1 Å². The van der Waals surface area contributed by atoms with Gasteiger partial charge in [0.25, 0.3) is 5.91 Å². The Hall–Kier alpha value is -1.90. The molecule has 1 aromatic rings. The van der Waals surface area contributed by atoms with Crippen LogP contribution < -0.4 is 5.32 Å². The van der Waals surface area contributed by atoms with Gasteiger partial charge < -0.3 is 10.4 Å². The third-order valence-electron chi connectivity index (χ3n) is 5.30. The van der Waals surface area contributed by atoms with Crippen LogP contribution in [0.2, 0.25) is 0 Å². The third kappa shape index (κ3) is 3.95. The van der Waals surface area contributed by atoms with E-state index in [1.54, 1.807) is 24.3 Å². The van der Waals surface area contributed by atoms with Crippen LogP contribution in [0.25, 0.3) is 0 Å². The van der Waals surface area contributed by atoms with Gasteiger partial charge in [-0.15, -0.1) is 0 Å². The van der Waals surface area contributed by atoms with E-state index in [9.17, 15) is 9.90 Å². The topological polar surface area (TPSA) is 76.4 Å². The lowest BCUT2D eigenvalue weighted by Gasteiger charge is -2.41. The molecule has 1 saturated carbocycles. The molecule has 2 unspecified atom stereocenters. The zero-order valence-electron chi connectivity index (χ0n) is 13.9. The maximum atomic E-state index is 12.3. The Labute approximate surface area is 143 Å². The minimum atomic E-state index is -0.191. The number of likely N-dealkylation sites (tertiary alicyclic amines) is 1. The standard InChI is InChI=1S/C19H25N3O2/c20-13-14-5-7-15(8-6-14)19(24)21-16-9-11-22(12-10-16)17-3-1-2-4-18(17)23/h5-8,16-18,23H,1-4,9-12H2,(H,21,24). The van der Waals surface area contributed by atoms with Crippen LogP contribution in [0.4, 0.5) is 0 Å². The molecular weight excluding hydrogens is 302 g/mol. The van der Waals surface area contributed by atoms with Gasteiger partial charge >= 0.3 is 0 Å². The van der Waals surface area contributed by atoms with Crippen LogP contribution in [0.15, 0.2) is 24.3 Å². The molecule has 0 bridgehead atoms. The van der Waals surface area contributed by atoms with E-state index in [0.29, 0.717) is 17.2 Å². The number of aliphatic hydroxyl groups excluding tert-OH is 1. The fraction of sp³-hybridized carbons (Fsp3) is 0.579. The van der Waals surface area contributed by atoms with Crippen LogP contribution in [0, 0.1) is 11.3 Å². The molecule has 24 heavy (non-hydrogen) atoms. The van der Waals surface area contributed by atoms with Crippen molar-refractivity contribution >= 4 is 5.91 Å². The van der Waals surface area contributed by atoms with Gasteiger partial charge in [-0.1, -0.05) is 12.8 Å². The monoisotopic (exact) mass is 327 g/mol. The number of rotatable bonds is 3. The lowest BCUT2D eigenvalue weighted by atomic mass is 9.89. The highest BCUT2D eigenvalue weighted by molar-refractivity contribution is 5.94. The summed E-state index contributed by atoms with van der Waals surface area (Å²) in [5, 5.41) is 22.1. The van der Waals surface area contributed by atoms with E-state index in [4.69, 9.17) is 5.26 Å². The molecule has 1 amide bonds. The number of amides is 1. The van der Waals surface area contributed by atoms with Crippen LogP contribution in [-0.2, 0) is 0 Å². The first-order valence-corrected chi connectivity index (χ1v) is 8.90. The number of nitrogens with one attached hydrogen (secondary N) is 1. The average molecular weight is 327 g/mol. The quantitative estimate of drug-likeness (QED) is 0.891. The Kier molecular flexibility index (Phi) is 5.49. The number of carbonyl (C=O) groups is 1. The molecule has 1 saturated heterocycles. The number of nitrogens with zero attached hydrogens (tertiary/aromatic N) is 2. The molecule has 1 aliphatic carbocycles. The molecule has 2 N–H and O–H groups in total. The Bertz CT molecular complexity index is 600. The Morgan fingerprint density at radius 1 is 1.12 bits per heavy atom. The first-order chi connectivity index (χ1) is 11.7. The van der Waals surface area contributed by atoms with Crippen molar-refractivity contribution in [3.63, 3.8) is 0 Å². The molecule has 2 fully saturated rings. The fourth-order valence-electron chi connectivity index (χ4n) is 3.86. The lowest BCUT2D eigenvalue weighted by Crippen LogP contribution is -2.52. The van der Waals surface area contributed by atoms with Gasteiger partial charge in [-0.3, -0.25) is 9.69 Å². The molecule has 5 nitrogen and oxygen atoms in total. The maximum absolute atomic E-state index is 12.3. The van der Waals surface area contributed by atoms with Crippen LogP contribution in [0.5, 0.6) is 0 Å². The normalized spacial score (nSPS) is 25.8. The summed E-state index contributed by atoms with van der Waals surface area (Å²) in [5.74, 6) is -0.0735. The second-order valence-electron chi connectivity index (χ2n) is 6.89. The van der Waals surface area contributed by atoms with E-state index in [2.05, 4.69) is 16.3 Å². The van der Waals surface area contributed by atoms with Gasteiger partial charge in [0.05, 0.1) is 17.7 Å². The molecular formula is C19H25N3O2. The second kappa shape index (κ2) is 7.78. The van der Waals surface area contributed by atoms with E-state index in [1.165, 1.54) is 6.42 Å². The van der Waals surface area contributed by atoms with Gasteiger partial charge in [0, 0.05) is 30.7 Å². The predicted molar refractivity (Wildman–Crippen MR) is 91.5 cm³/mol. The SMILES string of the molecule is N#Cc1ccc(C(=O)NC2CCN(C3CCCCC3O)CC2)cc1. The highest BCUT2D eigenvalue weighted by Gasteiger charge is 2.31. The number of benzene rings is 1. The highest BCUT2D eigenvalue weighted by Crippen LogP contribution is 2.26. The fourth-order valence-corrected chi connectivity index (χ4v) is 3.86. The number of aliphatic hydroxyl groups is 1. The zero-order valence-corrected chi connectivity index (χ0v) is 13.9. The molecule has 0 radical (unpaired) electrons. The molecule has 2 atom stereocenters. The largest absolute Gasteiger partial charge is 0.391 e. The van der Waals surface area contributed by atoms with Gasteiger partial charge in [-0.05, 0) is 49.9 Å². The first-order valence-electron chi connectivity index (χ1n) is 8.90. The van der Waals surface area contributed by atoms with E-state index in [1.807, 2.05) is 0 Å². The van der Waals surface area contributed by atoms with Crippen LogP contribution in [0.1, 0.15) is 54.4 Å². The van der Waals surface area contributed by atoms with Crippen molar-refractivity contribution < 1.29 is 9.90 Å². The summed E-state index contributed by atoms with van der Waals surface area (Å²) >= 11 is 0. The van der Waals surface area contributed by atoms with Crippen molar-refractivity contribution in [3.8, 4) is 6.07 Å². The highest BCUT2D eigenvalue weighted by atomic mass is 16.3. The third-order valence-corrected chi connectivity index (χ3v) is 5.30. The summed E-state index contributed by atoms with van der Waals surface area (Å²) in [6, 6.07) is 9.27. The summed E-state index contributed by atoms with van der Waals surface area (Å²) in [6.07, 6.45) is 6.00. The number of piperidine rings is 1. The van der Waals surface area contributed by atoms with Crippen molar-refractivity contribution in [2.24, 2.45) is 0 Å². The Balaban J connectivity index is 1.49. The summed E-state index contributed by atoms with van der Waals surface area (Å²) in [7, 11) is 0.